The number of rotatable bonds is 4. The molecule has 0 saturated heterocycles. The molecule has 0 radical (unpaired) electrons. The molecule has 0 atom stereocenters. The van der Waals surface area contributed by atoms with Crippen LogP contribution in [0.25, 0.3) is 0 Å². The van der Waals surface area contributed by atoms with Crippen molar-refractivity contribution in [2.75, 3.05) is 5.32 Å². The number of nitro groups is 1. The molecular formula is C11H10FN3O3. The highest BCUT2D eigenvalue weighted by Gasteiger charge is 2.19. The van der Waals surface area contributed by atoms with Gasteiger partial charge in [-0.1, -0.05) is 11.2 Å². The summed E-state index contributed by atoms with van der Waals surface area (Å²) in [4.78, 5) is 9.99. The third kappa shape index (κ3) is 2.45. The van der Waals surface area contributed by atoms with Crippen molar-refractivity contribution in [2.24, 2.45) is 0 Å². The monoisotopic (exact) mass is 251 g/mol. The van der Waals surface area contributed by atoms with Gasteiger partial charge < -0.3 is 9.84 Å². The first-order valence-electron chi connectivity index (χ1n) is 5.17. The van der Waals surface area contributed by atoms with E-state index in [1.807, 2.05) is 0 Å². The van der Waals surface area contributed by atoms with Crippen molar-refractivity contribution < 1.29 is 13.8 Å². The summed E-state index contributed by atoms with van der Waals surface area (Å²) in [6.07, 6.45) is 0. The Morgan fingerprint density at radius 3 is 2.94 bits per heavy atom. The van der Waals surface area contributed by atoms with Gasteiger partial charge in [0.05, 0.1) is 11.5 Å². The standard InChI is InChI=1S/C11H10FN3O3/c1-7-5-8(14-18-7)6-13-10-4-2-3-9(12)11(10)15(16)17/h2-5,13H,6H2,1H3. The Morgan fingerprint density at radius 1 is 1.56 bits per heavy atom. The molecule has 1 aromatic carbocycles. The van der Waals surface area contributed by atoms with Crippen molar-refractivity contribution in [2.45, 2.75) is 13.5 Å². The maximum atomic E-state index is 13.3. The largest absolute Gasteiger partial charge is 0.374 e. The summed E-state index contributed by atoms with van der Waals surface area (Å²) < 4.78 is 18.2. The fraction of sp³-hybridized carbons (Fsp3) is 0.182. The van der Waals surface area contributed by atoms with Crippen molar-refractivity contribution in [1.29, 1.82) is 0 Å². The molecular weight excluding hydrogens is 241 g/mol. The number of aromatic nitrogens is 1. The van der Waals surface area contributed by atoms with Crippen LogP contribution in [0.5, 0.6) is 0 Å². The van der Waals surface area contributed by atoms with E-state index in [-0.39, 0.29) is 12.2 Å². The molecule has 7 heteroatoms. The zero-order valence-corrected chi connectivity index (χ0v) is 9.51. The van der Waals surface area contributed by atoms with Crippen LogP contribution in [0.4, 0.5) is 15.8 Å². The minimum Gasteiger partial charge on any atom is -0.374 e. The van der Waals surface area contributed by atoms with Crippen molar-refractivity contribution in [3.05, 3.63) is 51.7 Å². The highest BCUT2D eigenvalue weighted by molar-refractivity contribution is 5.61. The van der Waals surface area contributed by atoms with Crippen LogP contribution in [0, 0.1) is 22.9 Å². The number of aryl methyl sites for hydroxylation is 1. The molecule has 6 nitrogen and oxygen atoms in total. The van der Waals surface area contributed by atoms with Gasteiger partial charge in [0, 0.05) is 6.07 Å². The highest BCUT2D eigenvalue weighted by atomic mass is 19.1. The molecule has 0 aliphatic heterocycles. The Balaban J connectivity index is 2.19. The molecule has 2 rings (SSSR count). The molecule has 0 amide bonds. The Kier molecular flexibility index (Phi) is 3.22. The number of halogens is 1. The average Bonchev–Trinajstić information content (AvgIpc) is 2.72. The van der Waals surface area contributed by atoms with E-state index in [1.54, 1.807) is 13.0 Å². The van der Waals surface area contributed by atoms with Crippen LogP contribution in [0.15, 0.2) is 28.8 Å². The Hall–Kier alpha value is -2.44. The van der Waals surface area contributed by atoms with Crippen LogP contribution in [0.3, 0.4) is 0 Å². The minimum absolute atomic E-state index is 0.112. The zero-order chi connectivity index (χ0) is 13.1. The lowest BCUT2D eigenvalue weighted by Gasteiger charge is -2.05. The van der Waals surface area contributed by atoms with Gasteiger partial charge in [-0.25, -0.2) is 0 Å². The lowest BCUT2D eigenvalue weighted by atomic mass is 10.2. The Bertz CT molecular complexity index is 583. The van der Waals surface area contributed by atoms with Crippen LogP contribution in [0.1, 0.15) is 11.5 Å². The molecule has 1 heterocycles. The van der Waals surface area contributed by atoms with Gasteiger partial charge in [0.25, 0.3) is 0 Å². The number of nitro benzene ring substituents is 1. The van der Waals surface area contributed by atoms with Gasteiger partial charge in [0.1, 0.15) is 17.1 Å². The molecule has 0 saturated carbocycles. The third-order valence-electron chi connectivity index (χ3n) is 2.31. The van der Waals surface area contributed by atoms with Crippen LogP contribution in [0.2, 0.25) is 0 Å². The van der Waals surface area contributed by atoms with E-state index in [0.717, 1.165) is 6.07 Å². The Morgan fingerprint density at radius 2 is 2.33 bits per heavy atom. The minimum atomic E-state index is -0.874. The summed E-state index contributed by atoms with van der Waals surface area (Å²) in [5.41, 5.74) is 0.129. The van der Waals surface area contributed by atoms with Gasteiger partial charge in [-0.15, -0.1) is 0 Å². The fourth-order valence-electron chi connectivity index (χ4n) is 1.53. The molecule has 1 aromatic heterocycles. The molecule has 1 N–H and O–H groups in total. The first kappa shape index (κ1) is 12.0. The zero-order valence-electron chi connectivity index (χ0n) is 9.51. The number of anilines is 1. The maximum Gasteiger partial charge on any atom is 0.327 e. The molecule has 0 fully saturated rings. The quantitative estimate of drug-likeness (QED) is 0.667. The van der Waals surface area contributed by atoms with E-state index in [0.29, 0.717) is 11.5 Å². The lowest BCUT2D eigenvalue weighted by molar-refractivity contribution is -0.386. The highest BCUT2D eigenvalue weighted by Crippen LogP contribution is 2.27. The van der Waals surface area contributed by atoms with Gasteiger partial charge in [-0.05, 0) is 19.1 Å². The van der Waals surface area contributed by atoms with Gasteiger partial charge in [-0.2, -0.15) is 4.39 Å². The average molecular weight is 251 g/mol. The second-order valence-electron chi connectivity index (χ2n) is 3.68. The smallest absolute Gasteiger partial charge is 0.327 e. The van der Waals surface area contributed by atoms with Gasteiger partial charge in [-0.3, -0.25) is 10.1 Å². The second kappa shape index (κ2) is 4.82. The molecule has 94 valence electrons. The summed E-state index contributed by atoms with van der Waals surface area (Å²) in [6.45, 7) is 1.96. The molecule has 2 aromatic rings. The van der Waals surface area contributed by atoms with Gasteiger partial charge in [0.15, 0.2) is 0 Å². The number of nitrogens with one attached hydrogen (secondary N) is 1. The SMILES string of the molecule is Cc1cc(CNc2cccc(F)c2[N+](=O)[O-])no1. The van der Waals surface area contributed by atoms with Crippen LogP contribution < -0.4 is 5.32 Å². The summed E-state index contributed by atoms with van der Waals surface area (Å²) in [5, 5.41) is 17.2. The fourth-order valence-corrected chi connectivity index (χ4v) is 1.53. The van der Waals surface area contributed by atoms with E-state index in [9.17, 15) is 14.5 Å². The molecule has 0 unspecified atom stereocenters. The van der Waals surface area contributed by atoms with Gasteiger partial charge >= 0.3 is 5.69 Å². The van der Waals surface area contributed by atoms with Crippen molar-refractivity contribution in [3.8, 4) is 0 Å². The number of benzene rings is 1. The lowest BCUT2D eigenvalue weighted by Crippen LogP contribution is -2.04. The van der Waals surface area contributed by atoms with E-state index in [1.165, 1.54) is 12.1 Å². The van der Waals surface area contributed by atoms with Crippen LogP contribution in [-0.4, -0.2) is 10.1 Å². The number of nitrogens with zero attached hydrogens (tertiary/aromatic N) is 2. The van der Waals surface area contributed by atoms with Crippen molar-refractivity contribution in [1.82, 2.24) is 5.16 Å². The maximum absolute atomic E-state index is 13.3. The van der Waals surface area contributed by atoms with Crippen LogP contribution in [-0.2, 0) is 6.54 Å². The first-order valence-corrected chi connectivity index (χ1v) is 5.17. The summed E-state index contributed by atoms with van der Waals surface area (Å²) in [7, 11) is 0. The van der Waals surface area contributed by atoms with E-state index in [2.05, 4.69) is 10.5 Å². The van der Waals surface area contributed by atoms with E-state index >= 15 is 0 Å². The van der Waals surface area contributed by atoms with E-state index in [4.69, 9.17) is 4.52 Å². The molecule has 0 aliphatic rings. The second-order valence-corrected chi connectivity index (χ2v) is 3.68. The Labute approximate surface area is 102 Å². The van der Waals surface area contributed by atoms with Crippen molar-refractivity contribution >= 4 is 11.4 Å². The predicted molar refractivity (Wildman–Crippen MR) is 61.6 cm³/mol. The number of para-hydroxylation sites is 1. The summed E-state index contributed by atoms with van der Waals surface area (Å²) >= 11 is 0. The summed E-state index contributed by atoms with van der Waals surface area (Å²) in [5.74, 6) is -0.234. The topological polar surface area (TPSA) is 81.2 Å². The molecule has 0 aliphatic carbocycles. The predicted octanol–water partition coefficient (Wildman–Crippen LogP) is 2.64. The summed E-state index contributed by atoms with van der Waals surface area (Å²) in [6, 6.07) is 5.58. The molecule has 18 heavy (non-hydrogen) atoms. The van der Waals surface area contributed by atoms with Crippen molar-refractivity contribution in [3.63, 3.8) is 0 Å². The first-order chi connectivity index (χ1) is 8.58. The van der Waals surface area contributed by atoms with Crippen LogP contribution >= 0.6 is 0 Å². The number of hydrogen-bond acceptors (Lipinski definition) is 5. The normalized spacial score (nSPS) is 10.3. The molecule has 0 bridgehead atoms. The molecule has 0 spiro atoms. The van der Waals surface area contributed by atoms with Gasteiger partial charge in [0.2, 0.25) is 5.82 Å². The third-order valence-corrected chi connectivity index (χ3v) is 2.31. The number of hydrogen-bond donors (Lipinski definition) is 1. The van der Waals surface area contributed by atoms with E-state index < -0.39 is 16.4 Å².